The van der Waals surface area contributed by atoms with E-state index in [0.717, 1.165) is 0 Å². The van der Waals surface area contributed by atoms with Gasteiger partial charge in [-0.15, -0.1) is 0 Å². The molecule has 0 fully saturated rings. The van der Waals surface area contributed by atoms with Gasteiger partial charge in [-0.25, -0.2) is 0 Å². The van der Waals surface area contributed by atoms with E-state index in [-0.39, 0.29) is 37.9 Å². The Hall–Kier alpha value is -1.46. The van der Waals surface area contributed by atoms with Gasteiger partial charge in [0.15, 0.2) is 11.5 Å². The van der Waals surface area contributed by atoms with E-state index in [9.17, 15) is 5.11 Å². The average Bonchev–Trinajstić information content (AvgIpc) is 2.25. The smallest absolute Gasteiger partial charge is 0.203 e. The fourth-order valence-electron chi connectivity index (χ4n) is 1.07. The van der Waals surface area contributed by atoms with Crippen molar-refractivity contribution in [3.63, 3.8) is 0 Å². The molecule has 0 saturated heterocycles. The summed E-state index contributed by atoms with van der Waals surface area (Å²) in [5, 5.41) is 26.7. The summed E-state index contributed by atoms with van der Waals surface area (Å²) in [6.45, 7) is -0.0606. The van der Waals surface area contributed by atoms with Crippen LogP contribution in [0, 0.1) is 0 Å². The van der Waals surface area contributed by atoms with Gasteiger partial charge in [0, 0.05) is 0 Å². The minimum atomic E-state index is -0.145. The van der Waals surface area contributed by atoms with E-state index in [1.54, 1.807) is 12.1 Å². The highest BCUT2D eigenvalue weighted by Crippen LogP contribution is 2.35. The predicted octanol–water partition coefficient (Wildman–Crippen LogP) is 0.134. The summed E-state index contributed by atoms with van der Waals surface area (Å²) in [4.78, 5) is 0. The third-order valence-electron chi connectivity index (χ3n) is 1.64. The van der Waals surface area contributed by atoms with Gasteiger partial charge < -0.3 is 24.8 Å². The third kappa shape index (κ3) is 3.30. The summed E-state index contributed by atoms with van der Waals surface area (Å²) < 4.78 is 10.3. The second-order valence-electron chi connectivity index (χ2n) is 2.75. The van der Waals surface area contributed by atoms with Gasteiger partial charge in [-0.3, -0.25) is 0 Å². The monoisotopic (exact) mass is 214 g/mol. The van der Waals surface area contributed by atoms with Crippen molar-refractivity contribution < 1.29 is 24.8 Å². The normalized spacial score (nSPS) is 10.0. The SMILES string of the molecule is OCCOc1cccc(O)c1OCCO. The van der Waals surface area contributed by atoms with E-state index in [4.69, 9.17) is 19.7 Å². The van der Waals surface area contributed by atoms with Crippen LogP contribution in [-0.4, -0.2) is 41.7 Å². The maximum absolute atomic E-state index is 9.47. The molecule has 0 aromatic heterocycles. The molecule has 0 spiro atoms. The average molecular weight is 214 g/mol. The van der Waals surface area contributed by atoms with E-state index in [1.807, 2.05) is 0 Å². The first kappa shape index (κ1) is 11.6. The molecule has 0 bridgehead atoms. The second kappa shape index (κ2) is 6.10. The molecular formula is C10H14O5. The van der Waals surface area contributed by atoms with E-state index in [0.29, 0.717) is 5.75 Å². The van der Waals surface area contributed by atoms with Crippen LogP contribution in [0.2, 0.25) is 0 Å². The molecule has 0 unspecified atom stereocenters. The third-order valence-corrected chi connectivity index (χ3v) is 1.64. The van der Waals surface area contributed by atoms with Gasteiger partial charge >= 0.3 is 0 Å². The molecule has 0 radical (unpaired) electrons. The van der Waals surface area contributed by atoms with Crippen molar-refractivity contribution in [1.29, 1.82) is 0 Å². The van der Waals surface area contributed by atoms with Crippen molar-refractivity contribution in [3.8, 4) is 17.2 Å². The van der Waals surface area contributed by atoms with Crippen molar-refractivity contribution in [3.05, 3.63) is 18.2 Å². The van der Waals surface area contributed by atoms with Gasteiger partial charge in [-0.2, -0.15) is 0 Å². The number of hydrogen-bond donors (Lipinski definition) is 3. The summed E-state index contributed by atoms with van der Waals surface area (Å²) in [5.41, 5.74) is 0. The van der Waals surface area contributed by atoms with E-state index < -0.39 is 0 Å². The van der Waals surface area contributed by atoms with E-state index >= 15 is 0 Å². The van der Waals surface area contributed by atoms with Crippen LogP contribution in [0.1, 0.15) is 0 Å². The number of aliphatic hydroxyl groups is 2. The Balaban J connectivity index is 2.77. The lowest BCUT2D eigenvalue weighted by atomic mass is 10.3. The van der Waals surface area contributed by atoms with Gasteiger partial charge in [0.2, 0.25) is 5.75 Å². The first-order chi connectivity index (χ1) is 7.29. The molecule has 3 N–H and O–H groups in total. The van der Waals surface area contributed by atoms with Gasteiger partial charge in [-0.1, -0.05) is 6.07 Å². The minimum absolute atomic E-state index is 0.0566. The summed E-state index contributed by atoms with van der Waals surface area (Å²) in [5.74, 6) is 0.469. The van der Waals surface area contributed by atoms with Crippen molar-refractivity contribution in [1.82, 2.24) is 0 Å². The predicted molar refractivity (Wildman–Crippen MR) is 53.3 cm³/mol. The second-order valence-corrected chi connectivity index (χ2v) is 2.75. The molecule has 0 saturated carbocycles. The number of hydrogen-bond acceptors (Lipinski definition) is 5. The molecule has 0 aliphatic carbocycles. The Morgan fingerprint density at radius 2 is 1.67 bits per heavy atom. The van der Waals surface area contributed by atoms with Gasteiger partial charge in [0.1, 0.15) is 13.2 Å². The molecule has 0 atom stereocenters. The topological polar surface area (TPSA) is 79.2 Å². The Labute approximate surface area is 87.5 Å². The van der Waals surface area contributed by atoms with Gasteiger partial charge in [0.25, 0.3) is 0 Å². The zero-order valence-corrected chi connectivity index (χ0v) is 8.22. The lowest BCUT2D eigenvalue weighted by Crippen LogP contribution is -2.06. The number of rotatable bonds is 6. The maximum atomic E-state index is 9.47. The summed E-state index contributed by atoms with van der Waals surface area (Å²) >= 11 is 0. The molecule has 84 valence electrons. The summed E-state index contributed by atoms with van der Waals surface area (Å²) in [6.07, 6.45) is 0. The Morgan fingerprint density at radius 1 is 1.00 bits per heavy atom. The summed E-state index contributed by atoms with van der Waals surface area (Å²) in [7, 11) is 0. The highest BCUT2D eigenvalue weighted by atomic mass is 16.5. The molecule has 1 aromatic carbocycles. The molecular weight excluding hydrogens is 200 g/mol. The zero-order valence-electron chi connectivity index (χ0n) is 8.22. The lowest BCUT2D eigenvalue weighted by Gasteiger charge is -2.12. The van der Waals surface area contributed by atoms with Crippen molar-refractivity contribution in [2.45, 2.75) is 0 Å². The maximum Gasteiger partial charge on any atom is 0.203 e. The lowest BCUT2D eigenvalue weighted by molar-refractivity contribution is 0.175. The number of para-hydroxylation sites is 1. The zero-order chi connectivity index (χ0) is 11.1. The van der Waals surface area contributed by atoms with Crippen LogP contribution in [-0.2, 0) is 0 Å². The van der Waals surface area contributed by atoms with Crippen molar-refractivity contribution >= 4 is 0 Å². The molecule has 0 amide bonds. The number of phenolic OH excluding ortho intramolecular Hbond substituents is 1. The molecule has 5 heteroatoms. The highest BCUT2D eigenvalue weighted by Gasteiger charge is 2.09. The number of phenols is 1. The van der Waals surface area contributed by atoms with Gasteiger partial charge in [-0.05, 0) is 12.1 Å². The molecule has 15 heavy (non-hydrogen) atoms. The molecule has 0 heterocycles. The number of benzene rings is 1. The quantitative estimate of drug-likeness (QED) is 0.627. The fraction of sp³-hybridized carbons (Fsp3) is 0.400. The van der Waals surface area contributed by atoms with Crippen LogP contribution < -0.4 is 9.47 Å². The highest BCUT2D eigenvalue weighted by molar-refractivity contribution is 5.50. The van der Waals surface area contributed by atoms with Crippen LogP contribution in [0.15, 0.2) is 18.2 Å². The number of aliphatic hydroxyl groups excluding tert-OH is 2. The van der Waals surface area contributed by atoms with E-state index in [2.05, 4.69) is 0 Å². The molecule has 0 aliphatic heterocycles. The van der Waals surface area contributed by atoms with Crippen molar-refractivity contribution in [2.75, 3.05) is 26.4 Å². The first-order valence-corrected chi connectivity index (χ1v) is 4.59. The fourth-order valence-corrected chi connectivity index (χ4v) is 1.07. The Kier molecular flexibility index (Phi) is 4.73. The van der Waals surface area contributed by atoms with Crippen LogP contribution >= 0.6 is 0 Å². The van der Waals surface area contributed by atoms with Crippen molar-refractivity contribution in [2.24, 2.45) is 0 Å². The standard InChI is InChI=1S/C10H14O5/c11-4-6-14-9-3-1-2-8(13)10(9)15-7-5-12/h1-3,11-13H,4-7H2. The largest absolute Gasteiger partial charge is 0.504 e. The van der Waals surface area contributed by atoms with Crippen LogP contribution in [0.4, 0.5) is 0 Å². The molecule has 5 nitrogen and oxygen atoms in total. The number of ether oxygens (including phenoxy) is 2. The van der Waals surface area contributed by atoms with Gasteiger partial charge in [0.05, 0.1) is 13.2 Å². The Bertz CT molecular complexity index is 300. The van der Waals surface area contributed by atoms with E-state index in [1.165, 1.54) is 6.07 Å². The molecule has 1 rings (SSSR count). The van der Waals surface area contributed by atoms with Crippen LogP contribution in [0.5, 0.6) is 17.2 Å². The van der Waals surface area contributed by atoms with Crippen LogP contribution in [0.3, 0.4) is 0 Å². The number of aromatic hydroxyl groups is 1. The first-order valence-electron chi connectivity index (χ1n) is 4.59. The minimum Gasteiger partial charge on any atom is -0.504 e. The summed E-state index contributed by atoms with van der Waals surface area (Å²) in [6, 6.07) is 4.68. The molecule has 0 aliphatic rings. The Morgan fingerprint density at radius 3 is 2.33 bits per heavy atom. The van der Waals surface area contributed by atoms with Crippen LogP contribution in [0.25, 0.3) is 0 Å². The molecule has 1 aromatic rings.